The molecule has 0 amide bonds. The average molecular weight is 400 g/mol. The molecule has 2 rings (SSSR count). The summed E-state index contributed by atoms with van der Waals surface area (Å²) in [6, 6.07) is 8.43. The molecule has 0 saturated heterocycles. The molecule has 0 bridgehead atoms. The predicted molar refractivity (Wildman–Crippen MR) is 104 cm³/mol. The number of hydrogen-bond donors (Lipinski definition) is 3. The van der Waals surface area contributed by atoms with Crippen molar-refractivity contribution in [2.24, 2.45) is 4.99 Å². The molecule has 5 nitrogen and oxygen atoms in total. The Hall–Kier alpha value is -1.67. The lowest BCUT2D eigenvalue weighted by Gasteiger charge is -2.14. The van der Waals surface area contributed by atoms with Crippen LogP contribution in [0.25, 0.3) is 0 Å². The van der Waals surface area contributed by atoms with Crippen molar-refractivity contribution in [3.05, 3.63) is 56.5 Å². The molecule has 1 aromatic carbocycles. The molecule has 3 N–H and O–H groups in total. The minimum atomic E-state index is -0.671. The maximum Gasteiger partial charge on any atom is 0.191 e. The van der Waals surface area contributed by atoms with Crippen LogP contribution in [0.2, 0.25) is 4.34 Å². The first-order chi connectivity index (χ1) is 12.5. The van der Waals surface area contributed by atoms with Crippen LogP contribution in [0.15, 0.2) is 35.3 Å². The highest BCUT2D eigenvalue weighted by Crippen LogP contribution is 2.26. The van der Waals surface area contributed by atoms with E-state index in [0.29, 0.717) is 35.5 Å². The smallest absolute Gasteiger partial charge is 0.191 e. The predicted octanol–water partition coefficient (Wildman–Crippen LogP) is 3.48. The van der Waals surface area contributed by atoms with Crippen molar-refractivity contribution in [1.29, 1.82) is 0 Å². The van der Waals surface area contributed by atoms with Gasteiger partial charge in [0.05, 0.1) is 17.5 Å². The molecule has 1 atom stereocenters. The number of nitrogens with one attached hydrogen (secondary N) is 2. The minimum absolute atomic E-state index is 0.220. The monoisotopic (exact) mass is 399 g/mol. The van der Waals surface area contributed by atoms with Gasteiger partial charge in [-0.15, -0.1) is 11.3 Å². The number of rotatable bonds is 8. The maximum absolute atomic E-state index is 13.7. The van der Waals surface area contributed by atoms with Gasteiger partial charge in [-0.1, -0.05) is 17.7 Å². The van der Waals surface area contributed by atoms with Crippen molar-refractivity contribution >= 4 is 28.9 Å². The fraction of sp³-hybridized carbons (Fsp3) is 0.389. The van der Waals surface area contributed by atoms with Crippen LogP contribution in [0.5, 0.6) is 0 Å². The van der Waals surface area contributed by atoms with Crippen LogP contribution in [0.4, 0.5) is 4.39 Å². The molecule has 1 aromatic heterocycles. The third kappa shape index (κ3) is 6.25. The van der Waals surface area contributed by atoms with E-state index in [2.05, 4.69) is 15.6 Å². The van der Waals surface area contributed by atoms with E-state index < -0.39 is 6.10 Å². The summed E-state index contributed by atoms with van der Waals surface area (Å²) in [5.41, 5.74) is 1.38. The molecule has 0 saturated carbocycles. The normalized spacial score (nSPS) is 12.9. The molecule has 0 radical (unpaired) electrons. The molecular formula is C18H23ClFN3O2S. The van der Waals surface area contributed by atoms with Gasteiger partial charge in [-0.2, -0.15) is 0 Å². The van der Waals surface area contributed by atoms with Crippen molar-refractivity contribution in [3.8, 4) is 0 Å². The molecule has 142 valence electrons. The topological polar surface area (TPSA) is 65.9 Å². The van der Waals surface area contributed by atoms with Crippen LogP contribution < -0.4 is 10.6 Å². The van der Waals surface area contributed by atoms with Crippen LogP contribution in [-0.2, 0) is 17.9 Å². The lowest BCUT2D eigenvalue weighted by molar-refractivity contribution is 0.181. The van der Waals surface area contributed by atoms with E-state index in [1.807, 2.05) is 6.92 Å². The lowest BCUT2D eigenvalue weighted by atomic mass is 10.1. The zero-order chi connectivity index (χ0) is 18.9. The van der Waals surface area contributed by atoms with E-state index in [9.17, 15) is 9.50 Å². The Balaban J connectivity index is 1.98. The van der Waals surface area contributed by atoms with Gasteiger partial charge in [0.1, 0.15) is 11.9 Å². The first kappa shape index (κ1) is 20.6. The summed E-state index contributed by atoms with van der Waals surface area (Å²) in [5.74, 6) is 0.286. The summed E-state index contributed by atoms with van der Waals surface area (Å²) in [5, 5.41) is 16.4. The van der Waals surface area contributed by atoms with Crippen LogP contribution >= 0.6 is 22.9 Å². The number of ether oxygens (including phenoxy) is 1. The van der Waals surface area contributed by atoms with Gasteiger partial charge in [-0.25, -0.2) is 9.38 Å². The van der Waals surface area contributed by atoms with E-state index in [4.69, 9.17) is 16.3 Å². The molecule has 0 spiro atoms. The van der Waals surface area contributed by atoms with Crippen molar-refractivity contribution in [2.75, 3.05) is 20.2 Å². The highest BCUT2D eigenvalue weighted by molar-refractivity contribution is 7.16. The Morgan fingerprint density at radius 1 is 1.35 bits per heavy atom. The van der Waals surface area contributed by atoms with Crippen molar-refractivity contribution in [1.82, 2.24) is 10.6 Å². The number of aliphatic imine (C=N–C) groups is 1. The van der Waals surface area contributed by atoms with Gasteiger partial charge >= 0.3 is 0 Å². The van der Waals surface area contributed by atoms with Crippen LogP contribution in [0.1, 0.15) is 29.0 Å². The molecule has 1 unspecified atom stereocenters. The third-order valence-corrected chi connectivity index (χ3v) is 4.89. The summed E-state index contributed by atoms with van der Waals surface area (Å²) >= 11 is 7.24. The second-order valence-corrected chi connectivity index (χ2v) is 7.34. The first-order valence-corrected chi connectivity index (χ1v) is 9.44. The number of nitrogens with zero attached hydrogens (tertiary/aromatic N) is 1. The number of methoxy groups -OCH3 is 1. The Labute approximate surface area is 161 Å². The molecule has 0 aliphatic rings. The maximum atomic E-state index is 13.7. The van der Waals surface area contributed by atoms with Gasteiger partial charge in [0.25, 0.3) is 0 Å². The largest absolute Gasteiger partial charge is 0.386 e. The van der Waals surface area contributed by atoms with E-state index in [-0.39, 0.29) is 12.4 Å². The Bertz CT molecular complexity index is 739. The van der Waals surface area contributed by atoms with E-state index >= 15 is 0 Å². The Kier molecular flexibility index (Phi) is 8.31. The van der Waals surface area contributed by atoms with Crippen LogP contribution in [-0.4, -0.2) is 31.3 Å². The fourth-order valence-corrected chi connectivity index (χ4v) is 3.35. The van der Waals surface area contributed by atoms with Gasteiger partial charge in [0, 0.05) is 30.6 Å². The number of aliphatic hydroxyl groups is 1. The summed E-state index contributed by atoms with van der Waals surface area (Å²) in [7, 11) is 1.53. The number of guanidine groups is 1. The van der Waals surface area contributed by atoms with Gasteiger partial charge in [-0.3, -0.25) is 0 Å². The molecule has 8 heteroatoms. The fourth-order valence-electron chi connectivity index (χ4n) is 2.31. The van der Waals surface area contributed by atoms with Crippen LogP contribution in [0.3, 0.4) is 0 Å². The molecule has 0 aliphatic carbocycles. The summed E-state index contributed by atoms with van der Waals surface area (Å²) in [6.07, 6.45) is -0.671. The summed E-state index contributed by atoms with van der Waals surface area (Å²) in [4.78, 5) is 5.28. The molecule has 1 heterocycles. The van der Waals surface area contributed by atoms with Gasteiger partial charge in [0.15, 0.2) is 5.96 Å². The summed E-state index contributed by atoms with van der Waals surface area (Å²) in [6.45, 7) is 3.55. The van der Waals surface area contributed by atoms with Crippen molar-refractivity contribution in [2.45, 2.75) is 26.2 Å². The average Bonchev–Trinajstić information content (AvgIpc) is 3.06. The minimum Gasteiger partial charge on any atom is -0.386 e. The third-order valence-electron chi connectivity index (χ3n) is 3.56. The Morgan fingerprint density at radius 2 is 2.15 bits per heavy atom. The molecule has 26 heavy (non-hydrogen) atoms. The van der Waals surface area contributed by atoms with E-state index in [1.165, 1.54) is 24.5 Å². The van der Waals surface area contributed by atoms with E-state index in [1.54, 1.807) is 24.3 Å². The second-order valence-electron chi connectivity index (χ2n) is 5.59. The lowest BCUT2D eigenvalue weighted by Crippen LogP contribution is -2.39. The SMILES string of the molecule is CCNC(=NCc1ccc(F)c(COC)c1)NCC(O)c1ccc(Cl)s1. The highest BCUT2D eigenvalue weighted by atomic mass is 35.5. The molecule has 2 aromatic rings. The van der Waals surface area contributed by atoms with E-state index in [0.717, 1.165) is 10.4 Å². The van der Waals surface area contributed by atoms with Crippen molar-refractivity contribution in [3.63, 3.8) is 0 Å². The number of benzene rings is 1. The molecule has 0 fully saturated rings. The van der Waals surface area contributed by atoms with Crippen LogP contribution in [0, 0.1) is 5.82 Å². The zero-order valence-electron chi connectivity index (χ0n) is 14.8. The number of halogens is 2. The summed E-state index contributed by atoms with van der Waals surface area (Å²) < 4.78 is 19.3. The van der Waals surface area contributed by atoms with Gasteiger partial charge in [-0.05, 0) is 36.8 Å². The standard InChI is InChI=1S/C18H23ClFN3O2S/c1-3-21-18(23-10-15(24)16-6-7-17(19)26-16)22-9-12-4-5-14(20)13(8-12)11-25-2/h4-8,15,24H,3,9-11H2,1-2H3,(H2,21,22,23). The zero-order valence-corrected chi connectivity index (χ0v) is 16.3. The first-order valence-electron chi connectivity index (χ1n) is 8.25. The Morgan fingerprint density at radius 3 is 2.81 bits per heavy atom. The molecular weight excluding hydrogens is 377 g/mol. The highest BCUT2D eigenvalue weighted by Gasteiger charge is 2.11. The number of thiophene rings is 1. The van der Waals surface area contributed by atoms with Crippen molar-refractivity contribution < 1.29 is 14.2 Å². The number of hydrogen-bond acceptors (Lipinski definition) is 4. The number of aliphatic hydroxyl groups excluding tert-OH is 1. The quantitative estimate of drug-likeness (QED) is 0.469. The van der Waals surface area contributed by atoms with Gasteiger partial charge < -0.3 is 20.5 Å². The second kappa shape index (κ2) is 10.5. The van der Waals surface area contributed by atoms with Gasteiger partial charge in [0.2, 0.25) is 0 Å². The molecule has 0 aliphatic heterocycles.